The lowest BCUT2D eigenvalue weighted by Crippen LogP contribution is -2.52. The quantitative estimate of drug-likeness (QED) is 0.213. The molecule has 0 bridgehead atoms. The summed E-state index contributed by atoms with van der Waals surface area (Å²) >= 11 is 0. The van der Waals surface area contributed by atoms with E-state index in [1.165, 1.54) is 42.8 Å². The molecule has 4 heterocycles. The zero-order valence-corrected chi connectivity index (χ0v) is 30.9. The number of rotatable bonds is 8. The van der Waals surface area contributed by atoms with Crippen molar-refractivity contribution in [1.29, 1.82) is 0 Å². The summed E-state index contributed by atoms with van der Waals surface area (Å²) in [5.74, 6) is -0.262. The number of nitrogens with zero attached hydrogens (tertiary/aromatic N) is 8. The highest BCUT2D eigenvalue weighted by Gasteiger charge is 2.48. The van der Waals surface area contributed by atoms with Crippen molar-refractivity contribution in [2.75, 3.05) is 0 Å². The Labute approximate surface area is 318 Å². The average Bonchev–Trinajstić information content (AvgIpc) is 3.89. The molecule has 55 heavy (non-hydrogen) atoms. The molecule has 4 aromatic carbocycles. The van der Waals surface area contributed by atoms with E-state index in [1.54, 1.807) is 0 Å². The predicted molar refractivity (Wildman–Crippen MR) is 211 cm³/mol. The lowest BCUT2D eigenvalue weighted by molar-refractivity contribution is -0.344. The van der Waals surface area contributed by atoms with Crippen LogP contribution < -0.4 is 0 Å². The van der Waals surface area contributed by atoms with Crippen molar-refractivity contribution in [3.8, 4) is 0 Å². The molecule has 0 saturated heterocycles. The summed E-state index contributed by atoms with van der Waals surface area (Å²) in [6.45, 7) is 8.39. The van der Waals surface area contributed by atoms with Gasteiger partial charge in [-0.2, -0.15) is 19.0 Å². The highest BCUT2D eigenvalue weighted by atomic mass is 16.2. The molecule has 0 fully saturated rings. The molecule has 13 heteroatoms. The number of para-hydroxylation sites is 2. The molecule has 0 unspecified atom stereocenters. The number of imide groups is 2. The predicted octanol–water partition coefficient (Wildman–Crippen LogP) is 5.67. The van der Waals surface area contributed by atoms with Gasteiger partial charge in [-0.25, -0.2) is 29.2 Å². The topological polar surface area (TPSA) is 162 Å². The van der Waals surface area contributed by atoms with Crippen LogP contribution in [0.4, 0.5) is 21.0 Å². The van der Waals surface area contributed by atoms with Gasteiger partial charge in [-0.3, -0.25) is 0 Å². The lowest BCUT2D eigenvalue weighted by atomic mass is 10.1. The molecule has 0 aromatic heterocycles. The van der Waals surface area contributed by atoms with Gasteiger partial charge in [0.15, 0.2) is 12.7 Å². The van der Waals surface area contributed by atoms with Crippen LogP contribution in [-0.2, 0) is 35.5 Å². The molecule has 276 valence electrons. The Kier molecular flexibility index (Phi) is 11.0. The molecule has 4 aromatic rings. The second-order valence-electron chi connectivity index (χ2n) is 13.0. The molecule has 0 spiro atoms. The van der Waals surface area contributed by atoms with Crippen molar-refractivity contribution in [1.82, 2.24) is 9.80 Å². The van der Waals surface area contributed by atoms with Gasteiger partial charge in [0.1, 0.15) is 24.5 Å². The number of aryl methyl sites for hydroxylation is 4. The number of hydrogen-bond acceptors (Lipinski definition) is 8. The number of urea groups is 2. The summed E-state index contributed by atoms with van der Waals surface area (Å²) in [4.78, 5) is 71.2. The van der Waals surface area contributed by atoms with Gasteiger partial charge in [0, 0.05) is 0 Å². The van der Waals surface area contributed by atoms with Crippen LogP contribution >= 0.6 is 0 Å². The van der Waals surface area contributed by atoms with E-state index in [4.69, 9.17) is 0 Å². The van der Waals surface area contributed by atoms with E-state index >= 15 is 0 Å². The summed E-state index contributed by atoms with van der Waals surface area (Å²) in [5, 5.41) is 0. The fourth-order valence-electron chi connectivity index (χ4n) is 6.47. The number of carbonyl (C=O) groups is 4. The second-order valence-corrected chi connectivity index (χ2v) is 13.0. The van der Waals surface area contributed by atoms with Crippen molar-refractivity contribution in [2.45, 2.75) is 53.6 Å². The standard InChI is InChI=1S/2C21H19N4O2.H2O/c2*1-3-15-8-10-16(11-9-15)12-24-20(26)18-19(23-13-22-18)25(21(24)27)17-7-5-4-6-14(17)2;/h2*4-11,13H,3,12H2,1-2H3;1H2/q2*+1;. The lowest BCUT2D eigenvalue weighted by Gasteiger charge is -2.22. The van der Waals surface area contributed by atoms with E-state index in [0.29, 0.717) is 11.4 Å². The Balaban J connectivity index is 0.000000184. The van der Waals surface area contributed by atoms with Crippen molar-refractivity contribution < 1.29 is 33.8 Å². The molecule has 0 radical (unpaired) electrons. The van der Waals surface area contributed by atoms with Crippen LogP contribution in [0.2, 0.25) is 0 Å². The highest BCUT2D eigenvalue weighted by Crippen LogP contribution is 2.26. The van der Waals surface area contributed by atoms with Crippen LogP contribution in [0.15, 0.2) is 117 Å². The molecule has 2 N–H and O–H groups in total. The van der Waals surface area contributed by atoms with Crippen LogP contribution in [0, 0.1) is 13.8 Å². The third-order valence-electron chi connectivity index (χ3n) is 9.58. The zero-order chi connectivity index (χ0) is 37.9. The normalized spacial score (nSPS) is 15.8. The summed E-state index contributed by atoms with van der Waals surface area (Å²) in [6, 6.07) is 30.1. The summed E-state index contributed by atoms with van der Waals surface area (Å²) in [7, 11) is 0. The Bertz CT molecular complexity index is 2240. The van der Waals surface area contributed by atoms with E-state index in [0.717, 1.165) is 35.1 Å². The minimum atomic E-state index is -0.420. The van der Waals surface area contributed by atoms with E-state index in [2.05, 4.69) is 33.8 Å². The van der Waals surface area contributed by atoms with Crippen molar-refractivity contribution >= 4 is 71.0 Å². The monoisotopic (exact) mass is 736 g/mol. The van der Waals surface area contributed by atoms with Gasteiger partial charge >= 0.3 is 35.5 Å². The molecule has 4 aliphatic rings. The zero-order valence-electron chi connectivity index (χ0n) is 30.9. The van der Waals surface area contributed by atoms with Crippen LogP contribution in [0.3, 0.4) is 0 Å². The molecule has 0 saturated carbocycles. The summed E-state index contributed by atoms with van der Waals surface area (Å²) in [5.41, 5.74) is 7.82. The third-order valence-corrected chi connectivity index (χ3v) is 9.58. The maximum atomic E-state index is 13.2. The van der Waals surface area contributed by atoms with E-state index in [9.17, 15) is 19.2 Å². The Morgan fingerprint density at radius 2 is 0.855 bits per heavy atom. The maximum absolute atomic E-state index is 13.2. The van der Waals surface area contributed by atoms with Crippen LogP contribution in [0.5, 0.6) is 0 Å². The van der Waals surface area contributed by atoms with E-state index in [1.807, 2.05) is 111 Å². The van der Waals surface area contributed by atoms with Gasteiger partial charge < -0.3 is 5.48 Å². The molecular formula is C42H40N8O5+2. The summed E-state index contributed by atoms with van der Waals surface area (Å²) < 4.78 is 2.94. The largest absolute Gasteiger partial charge is 0.451 e. The first-order valence-corrected chi connectivity index (χ1v) is 17.7. The molecule has 0 aliphatic carbocycles. The van der Waals surface area contributed by atoms with E-state index < -0.39 is 23.9 Å². The third kappa shape index (κ3) is 7.25. The molecular weight excluding hydrogens is 697 g/mol. The van der Waals surface area contributed by atoms with Gasteiger partial charge in [-0.1, -0.05) is 109 Å². The first-order chi connectivity index (χ1) is 26.2. The summed E-state index contributed by atoms with van der Waals surface area (Å²) in [6.07, 6.45) is 4.52. The maximum Gasteiger partial charge on any atom is 0.451 e. The van der Waals surface area contributed by atoms with Crippen LogP contribution in [-0.4, -0.2) is 84.1 Å². The van der Waals surface area contributed by atoms with Gasteiger partial charge in [0.2, 0.25) is 11.4 Å². The fourth-order valence-corrected chi connectivity index (χ4v) is 6.47. The SMILES string of the molecule is CCc1ccc(CN2C(=O)C3=NC=NC3=[N+](c3ccccc3C)C2=O)cc1.CCc1ccc(CN2C(=O)C3=NC=NC3=[N+](c3ccccc3C)C2=O)cc1.O. The smallest absolute Gasteiger partial charge is 0.412 e. The van der Waals surface area contributed by atoms with Gasteiger partial charge in [-0.15, -0.1) is 0 Å². The molecule has 8 rings (SSSR count). The number of carbonyl (C=O) groups excluding carboxylic acids is 4. The number of fused-ring (bicyclic) bond motifs is 2. The number of amides is 6. The first-order valence-electron chi connectivity index (χ1n) is 17.7. The highest BCUT2D eigenvalue weighted by molar-refractivity contribution is 6.70. The Morgan fingerprint density at radius 3 is 1.20 bits per heavy atom. The van der Waals surface area contributed by atoms with Crippen molar-refractivity contribution in [3.63, 3.8) is 0 Å². The average molecular weight is 737 g/mol. The molecule has 6 amide bonds. The molecule has 13 nitrogen and oxygen atoms in total. The number of aliphatic imine (C=N–C) groups is 4. The van der Waals surface area contributed by atoms with E-state index in [-0.39, 0.29) is 41.7 Å². The molecule has 0 atom stereocenters. The number of amidine groups is 2. The van der Waals surface area contributed by atoms with Gasteiger partial charge in [0.25, 0.3) is 0 Å². The first kappa shape index (κ1) is 37.9. The second kappa shape index (κ2) is 16.0. The van der Waals surface area contributed by atoms with Crippen molar-refractivity contribution in [2.24, 2.45) is 20.0 Å². The van der Waals surface area contributed by atoms with Crippen LogP contribution in [0.1, 0.15) is 47.2 Å². The minimum Gasteiger partial charge on any atom is -0.412 e. The van der Waals surface area contributed by atoms with Crippen molar-refractivity contribution in [3.05, 3.63) is 130 Å². The fraction of sp³-hybridized carbons (Fsp3) is 0.190. The van der Waals surface area contributed by atoms with Gasteiger partial charge in [-0.05, 0) is 72.2 Å². The minimum absolute atomic E-state index is 0. The van der Waals surface area contributed by atoms with Gasteiger partial charge in [0.05, 0.1) is 0 Å². The van der Waals surface area contributed by atoms with Crippen LogP contribution in [0.25, 0.3) is 0 Å². The molecule has 4 aliphatic heterocycles. The number of benzene rings is 4. The number of hydrogen-bond donors (Lipinski definition) is 0. The Morgan fingerprint density at radius 1 is 0.509 bits per heavy atom. The Hall–Kier alpha value is -6.86.